The largest absolute Gasteiger partial charge is 0.472 e. The summed E-state index contributed by atoms with van der Waals surface area (Å²) >= 11 is 0. The summed E-state index contributed by atoms with van der Waals surface area (Å²) in [7, 11) is 1.56. The summed E-state index contributed by atoms with van der Waals surface area (Å²) in [6.07, 6.45) is 75.7. The molecule has 0 saturated carbocycles. The van der Waals surface area contributed by atoms with Gasteiger partial charge in [0.2, 0.25) is 5.91 Å². The Hall–Kier alpha value is -1.28. The van der Waals surface area contributed by atoms with Crippen LogP contribution >= 0.6 is 7.82 Å². The van der Waals surface area contributed by atoms with Gasteiger partial charge in [-0.2, -0.15) is 0 Å². The van der Waals surface area contributed by atoms with Crippen LogP contribution in [0.2, 0.25) is 0 Å². The number of hydrogen-bond acceptors (Lipinski definition) is 5. The van der Waals surface area contributed by atoms with E-state index >= 15 is 0 Å². The highest BCUT2D eigenvalue weighted by Gasteiger charge is 2.28. The second kappa shape index (κ2) is 57.4. The van der Waals surface area contributed by atoms with Gasteiger partial charge in [0.1, 0.15) is 13.2 Å². The number of allylic oxidation sites excluding steroid dienone is 5. The first-order valence-corrected chi connectivity index (χ1v) is 34.4. The number of carbonyl (C=O) groups excluding carboxylic acids is 1. The lowest BCUT2D eigenvalue weighted by atomic mass is 10.0. The fourth-order valence-electron chi connectivity index (χ4n) is 9.96. The first kappa shape index (κ1) is 73.7. The van der Waals surface area contributed by atoms with Crippen LogP contribution in [-0.2, 0) is 18.4 Å². The Morgan fingerprint density at radius 1 is 0.440 bits per heavy atom. The molecule has 1 amide bonds. The van der Waals surface area contributed by atoms with E-state index in [1.54, 1.807) is 6.08 Å². The number of nitrogens with zero attached hydrogens (tertiary/aromatic N) is 1. The number of phosphoric acid groups is 1. The van der Waals surface area contributed by atoms with Gasteiger partial charge in [-0.05, 0) is 44.9 Å². The summed E-state index contributed by atoms with van der Waals surface area (Å²) in [5.74, 6) is -0.184. The summed E-state index contributed by atoms with van der Waals surface area (Å²) in [5, 5.41) is 14.0. The zero-order valence-electron chi connectivity index (χ0n) is 50.8. The molecule has 75 heavy (non-hydrogen) atoms. The third kappa shape index (κ3) is 60.2. The maximum Gasteiger partial charge on any atom is 0.472 e. The fraction of sp³-hybridized carbons (Fsp3) is 0.894. The van der Waals surface area contributed by atoms with Crippen LogP contribution in [0.5, 0.6) is 0 Å². The fourth-order valence-corrected chi connectivity index (χ4v) is 10.7. The first-order chi connectivity index (χ1) is 36.5. The number of likely N-dealkylation sites (N-methyl/N-ethyl adjacent to an activating group) is 1. The molecule has 0 aromatic rings. The monoisotopic (exact) mass is 1080 g/mol. The molecule has 0 aliphatic carbocycles. The molecule has 8 nitrogen and oxygen atoms in total. The van der Waals surface area contributed by atoms with Gasteiger partial charge in [0.05, 0.1) is 39.9 Å². The van der Waals surface area contributed by atoms with Crippen LogP contribution in [0.4, 0.5) is 0 Å². The SMILES string of the molecule is CCCCCCCCCCCCCC/C=C/CC/C=C/CC/C=C/C(O)C(COP(=O)(O)OCC[N+](C)(C)C)NC(=O)CCCCCCCCCCCCCCCCCCCCCCCCCCCCCCCCC. The van der Waals surface area contributed by atoms with E-state index < -0.39 is 20.0 Å². The Morgan fingerprint density at radius 3 is 1.07 bits per heavy atom. The normalized spacial score (nSPS) is 14.0. The Labute approximate surface area is 467 Å². The maximum absolute atomic E-state index is 13.0. The average Bonchev–Trinajstić information content (AvgIpc) is 3.37. The molecular formula is C66H130N2O6P+. The average molecular weight is 1080 g/mol. The van der Waals surface area contributed by atoms with Gasteiger partial charge >= 0.3 is 7.82 Å². The number of carbonyl (C=O) groups is 1. The third-order valence-corrected chi connectivity index (χ3v) is 16.1. The number of aliphatic hydroxyl groups is 1. The predicted octanol–water partition coefficient (Wildman–Crippen LogP) is 20.5. The van der Waals surface area contributed by atoms with Crippen molar-refractivity contribution in [1.29, 1.82) is 0 Å². The lowest BCUT2D eigenvalue weighted by Gasteiger charge is -2.25. The van der Waals surface area contributed by atoms with E-state index in [-0.39, 0.29) is 19.1 Å². The quantitative estimate of drug-likeness (QED) is 0.0243. The van der Waals surface area contributed by atoms with Crippen molar-refractivity contribution in [2.45, 2.75) is 341 Å². The summed E-state index contributed by atoms with van der Waals surface area (Å²) in [5.41, 5.74) is 0. The van der Waals surface area contributed by atoms with E-state index in [4.69, 9.17) is 9.05 Å². The number of rotatable bonds is 61. The number of unbranched alkanes of at least 4 members (excludes halogenated alkanes) is 44. The second-order valence-corrected chi connectivity index (χ2v) is 25.3. The third-order valence-electron chi connectivity index (χ3n) is 15.1. The van der Waals surface area contributed by atoms with Gasteiger partial charge in [0, 0.05) is 6.42 Å². The summed E-state index contributed by atoms with van der Waals surface area (Å²) in [6, 6.07) is -0.869. The van der Waals surface area contributed by atoms with Gasteiger partial charge in [0.15, 0.2) is 0 Å². The molecule has 0 aliphatic heterocycles. The minimum atomic E-state index is -4.36. The smallest absolute Gasteiger partial charge is 0.387 e. The minimum Gasteiger partial charge on any atom is -0.387 e. The predicted molar refractivity (Wildman–Crippen MR) is 328 cm³/mol. The lowest BCUT2D eigenvalue weighted by Crippen LogP contribution is -2.45. The summed E-state index contributed by atoms with van der Waals surface area (Å²) in [6.45, 7) is 4.84. The van der Waals surface area contributed by atoms with Gasteiger partial charge in [-0.1, -0.05) is 314 Å². The Kier molecular flexibility index (Phi) is 56.4. The number of aliphatic hydroxyl groups excluding tert-OH is 1. The van der Waals surface area contributed by atoms with E-state index in [1.807, 2.05) is 27.2 Å². The van der Waals surface area contributed by atoms with Crippen molar-refractivity contribution in [2.75, 3.05) is 40.9 Å². The van der Waals surface area contributed by atoms with Crippen LogP contribution in [-0.4, -0.2) is 73.4 Å². The van der Waals surface area contributed by atoms with Crippen molar-refractivity contribution in [3.05, 3.63) is 36.5 Å². The van der Waals surface area contributed by atoms with Crippen LogP contribution < -0.4 is 5.32 Å². The maximum atomic E-state index is 13.0. The molecule has 0 heterocycles. The minimum absolute atomic E-state index is 0.0553. The molecule has 0 fully saturated rings. The van der Waals surface area contributed by atoms with E-state index in [1.165, 1.54) is 263 Å². The van der Waals surface area contributed by atoms with Crippen molar-refractivity contribution < 1.29 is 32.9 Å². The molecule has 3 unspecified atom stereocenters. The van der Waals surface area contributed by atoms with E-state index in [2.05, 4.69) is 43.5 Å². The Bertz CT molecular complexity index is 1320. The highest BCUT2D eigenvalue weighted by Crippen LogP contribution is 2.43. The molecular weight excluding hydrogens is 948 g/mol. The molecule has 0 saturated heterocycles. The van der Waals surface area contributed by atoms with Crippen molar-refractivity contribution in [3.63, 3.8) is 0 Å². The highest BCUT2D eigenvalue weighted by molar-refractivity contribution is 7.47. The summed E-state index contributed by atoms with van der Waals surface area (Å²) < 4.78 is 23.7. The lowest BCUT2D eigenvalue weighted by molar-refractivity contribution is -0.870. The van der Waals surface area contributed by atoms with Crippen LogP contribution in [0.15, 0.2) is 36.5 Å². The van der Waals surface area contributed by atoms with Crippen molar-refractivity contribution >= 4 is 13.7 Å². The van der Waals surface area contributed by atoms with Crippen molar-refractivity contribution in [3.8, 4) is 0 Å². The van der Waals surface area contributed by atoms with Crippen molar-refractivity contribution in [1.82, 2.24) is 5.32 Å². The zero-order chi connectivity index (χ0) is 54.9. The molecule has 0 rings (SSSR count). The first-order valence-electron chi connectivity index (χ1n) is 32.9. The molecule has 9 heteroatoms. The summed E-state index contributed by atoms with van der Waals surface area (Å²) in [4.78, 5) is 23.4. The van der Waals surface area contributed by atoms with Gasteiger partial charge in [-0.25, -0.2) is 4.57 Å². The Morgan fingerprint density at radius 2 is 0.733 bits per heavy atom. The van der Waals surface area contributed by atoms with Crippen molar-refractivity contribution in [2.24, 2.45) is 0 Å². The zero-order valence-corrected chi connectivity index (χ0v) is 51.7. The number of hydrogen-bond donors (Lipinski definition) is 3. The molecule has 0 aliphatic rings. The molecule has 0 aromatic carbocycles. The molecule has 444 valence electrons. The number of nitrogens with one attached hydrogen (secondary N) is 1. The number of quaternary nitrogens is 1. The van der Waals surface area contributed by atoms with Gasteiger partial charge in [0.25, 0.3) is 0 Å². The molecule has 3 N–H and O–H groups in total. The van der Waals surface area contributed by atoms with Gasteiger partial charge in [-0.3, -0.25) is 13.8 Å². The molecule has 0 aromatic heterocycles. The second-order valence-electron chi connectivity index (χ2n) is 23.8. The highest BCUT2D eigenvalue weighted by atomic mass is 31.2. The number of phosphoric ester groups is 1. The topological polar surface area (TPSA) is 105 Å². The Balaban J connectivity index is 4.10. The van der Waals surface area contributed by atoms with E-state index in [9.17, 15) is 19.4 Å². The van der Waals surface area contributed by atoms with Crippen LogP contribution in [0, 0.1) is 0 Å². The molecule has 0 bridgehead atoms. The number of amides is 1. The molecule has 0 spiro atoms. The molecule has 0 radical (unpaired) electrons. The van der Waals surface area contributed by atoms with E-state index in [0.29, 0.717) is 17.4 Å². The molecule has 3 atom stereocenters. The van der Waals surface area contributed by atoms with Crippen LogP contribution in [0.3, 0.4) is 0 Å². The van der Waals surface area contributed by atoms with E-state index in [0.717, 1.165) is 44.9 Å². The standard InChI is InChI=1S/C66H129N2O6P/c1-6-8-10-12-14-16-18-20-22-24-26-28-30-31-32-33-34-35-36-37-38-40-42-44-46-48-50-52-54-56-58-60-66(70)67-64(63-74-75(71,72)73-62-61-68(3,4)5)65(69)59-57-55-53-51-49-47-45-43-41-39-29-27-25-23-21-19-17-15-13-11-9-7-2/h41,43,49,51,57,59,64-65,69H,6-40,42,44-48,50,52-56,58,60-63H2,1-5H3,(H-,67,70,71,72)/p+1/b43-41+,51-49+,59-57+. The van der Waals surface area contributed by atoms with Crippen LogP contribution in [0.1, 0.15) is 328 Å². The van der Waals surface area contributed by atoms with Gasteiger partial charge < -0.3 is 19.8 Å². The van der Waals surface area contributed by atoms with Gasteiger partial charge in [-0.15, -0.1) is 0 Å². The van der Waals surface area contributed by atoms with Crippen LogP contribution in [0.25, 0.3) is 0 Å².